The van der Waals surface area contributed by atoms with Crippen molar-refractivity contribution < 1.29 is 0 Å². The number of piperidine rings is 1. The molecule has 3 rings (SSSR count). The van der Waals surface area contributed by atoms with E-state index in [0.29, 0.717) is 6.04 Å². The summed E-state index contributed by atoms with van der Waals surface area (Å²) in [6.07, 6.45) is 5.33. The van der Waals surface area contributed by atoms with Crippen molar-refractivity contribution in [1.82, 2.24) is 4.90 Å². The third-order valence-corrected chi connectivity index (χ3v) is 5.02. The number of rotatable bonds is 2. The molecule has 1 aromatic carbocycles. The zero-order valence-electron chi connectivity index (χ0n) is 10.3. The van der Waals surface area contributed by atoms with Crippen LogP contribution in [0.1, 0.15) is 25.7 Å². The van der Waals surface area contributed by atoms with Crippen LogP contribution in [0.3, 0.4) is 0 Å². The van der Waals surface area contributed by atoms with Gasteiger partial charge in [0.15, 0.2) is 0 Å². The van der Waals surface area contributed by atoms with Crippen molar-refractivity contribution in [2.24, 2.45) is 0 Å². The standard InChI is InChI=1S/C14H18BrClN2/c15-11-9-10(16)4-5-12(11)17-13-6-8-18-7-2-1-3-14(13)18/h4-5,9,13-14,17H,1-3,6-8H2. The van der Waals surface area contributed by atoms with Gasteiger partial charge in [0.25, 0.3) is 0 Å². The minimum Gasteiger partial charge on any atom is -0.380 e. The Morgan fingerprint density at radius 3 is 2.94 bits per heavy atom. The van der Waals surface area contributed by atoms with Gasteiger partial charge in [0.05, 0.1) is 0 Å². The fourth-order valence-electron chi connectivity index (χ4n) is 3.22. The summed E-state index contributed by atoms with van der Waals surface area (Å²) in [6.45, 7) is 2.53. The van der Waals surface area contributed by atoms with Crippen molar-refractivity contribution in [3.63, 3.8) is 0 Å². The average Bonchev–Trinajstić information content (AvgIpc) is 2.76. The van der Waals surface area contributed by atoms with E-state index in [1.165, 1.54) is 38.8 Å². The molecule has 2 aliphatic rings. The van der Waals surface area contributed by atoms with Gasteiger partial charge < -0.3 is 5.32 Å². The van der Waals surface area contributed by atoms with Gasteiger partial charge in [0.2, 0.25) is 0 Å². The number of nitrogens with one attached hydrogen (secondary N) is 1. The van der Waals surface area contributed by atoms with Crippen LogP contribution in [0.5, 0.6) is 0 Å². The highest BCUT2D eigenvalue weighted by Gasteiger charge is 2.35. The molecular formula is C14H18BrClN2. The molecule has 4 heteroatoms. The third-order valence-electron chi connectivity index (χ3n) is 4.13. The first kappa shape index (κ1) is 12.8. The predicted octanol–water partition coefficient (Wildman–Crippen LogP) is 4.14. The number of anilines is 1. The Morgan fingerprint density at radius 1 is 1.22 bits per heavy atom. The zero-order chi connectivity index (χ0) is 12.5. The van der Waals surface area contributed by atoms with Crippen LogP contribution < -0.4 is 5.32 Å². The van der Waals surface area contributed by atoms with Gasteiger partial charge in [0, 0.05) is 33.8 Å². The van der Waals surface area contributed by atoms with Gasteiger partial charge in [-0.1, -0.05) is 18.0 Å². The molecule has 0 radical (unpaired) electrons. The van der Waals surface area contributed by atoms with Crippen LogP contribution in [0.2, 0.25) is 5.02 Å². The zero-order valence-corrected chi connectivity index (χ0v) is 12.7. The SMILES string of the molecule is Clc1ccc(NC2CCN3CCCCC23)c(Br)c1. The van der Waals surface area contributed by atoms with E-state index in [-0.39, 0.29) is 0 Å². The first-order valence-electron chi connectivity index (χ1n) is 6.70. The first-order valence-corrected chi connectivity index (χ1v) is 7.87. The maximum absolute atomic E-state index is 5.98. The topological polar surface area (TPSA) is 15.3 Å². The molecule has 2 unspecified atom stereocenters. The molecule has 0 amide bonds. The molecule has 0 aliphatic carbocycles. The molecule has 98 valence electrons. The summed E-state index contributed by atoms with van der Waals surface area (Å²) in [5.41, 5.74) is 1.16. The lowest BCUT2D eigenvalue weighted by Crippen LogP contribution is -2.41. The second-order valence-electron chi connectivity index (χ2n) is 5.26. The lowest BCUT2D eigenvalue weighted by molar-refractivity contribution is 0.193. The molecule has 2 fully saturated rings. The highest BCUT2D eigenvalue weighted by atomic mass is 79.9. The van der Waals surface area contributed by atoms with Gasteiger partial charge in [-0.15, -0.1) is 0 Å². The summed E-state index contributed by atoms with van der Waals surface area (Å²) in [7, 11) is 0. The fourth-order valence-corrected chi connectivity index (χ4v) is 4.02. The largest absolute Gasteiger partial charge is 0.380 e. The lowest BCUT2D eigenvalue weighted by atomic mass is 9.99. The summed E-state index contributed by atoms with van der Waals surface area (Å²) in [6, 6.07) is 7.28. The fraction of sp³-hybridized carbons (Fsp3) is 0.571. The molecule has 1 aromatic rings. The number of hydrogen-bond donors (Lipinski definition) is 1. The van der Waals surface area contributed by atoms with E-state index in [1.807, 2.05) is 12.1 Å². The summed E-state index contributed by atoms with van der Waals surface area (Å²) >= 11 is 9.56. The quantitative estimate of drug-likeness (QED) is 0.877. The van der Waals surface area contributed by atoms with Gasteiger partial charge in [-0.3, -0.25) is 4.90 Å². The van der Waals surface area contributed by atoms with Crippen LogP contribution >= 0.6 is 27.5 Å². The molecule has 0 aromatic heterocycles. The maximum Gasteiger partial charge on any atom is 0.0488 e. The van der Waals surface area contributed by atoms with Crippen LogP contribution in [0.4, 0.5) is 5.69 Å². The van der Waals surface area contributed by atoms with Crippen molar-refractivity contribution >= 4 is 33.2 Å². The summed E-state index contributed by atoms with van der Waals surface area (Å²) in [5, 5.41) is 4.46. The molecular weight excluding hydrogens is 312 g/mol. The summed E-state index contributed by atoms with van der Waals surface area (Å²) in [5.74, 6) is 0. The summed E-state index contributed by atoms with van der Waals surface area (Å²) in [4.78, 5) is 2.64. The van der Waals surface area contributed by atoms with E-state index in [1.54, 1.807) is 0 Å². The second kappa shape index (κ2) is 5.40. The predicted molar refractivity (Wildman–Crippen MR) is 80.4 cm³/mol. The van der Waals surface area contributed by atoms with Crippen LogP contribution in [0, 0.1) is 0 Å². The maximum atomic E-state index is 5.98. The second-order valence-corrected chi connectivity index (χ2v) is 6.55. The van der Waals surface area contributed by atoms with E-state index in [4.69, 9.17) is 11.6 Å². The monoisotopic (exact) mass is 328 g/mol. The van der Waals surface area contributed by atoms with Gasteiger partial charge in [-0.2, -0.15) is 0 Å². The number of nitrogens with zero attached hydrogens (tertiary/aromatic N) is 1. The third kappa shape index (κ3) is 2.54. The Morgan fingerprint density at radius 2 is 2.11 bits per heavy atom. The first-order chi connectivity index (χ1) is 8.74. The molecule has 2 atom stereocenters. The van der Waals surface area contributed by atoms with E-state index in [2.05, 4.69) is 32.2 Å². The number of halogens is 2. The number of fused-ring (bicyclic) bond motifs is 1. The lowest BCUT2D eigenvalue weighted by Gasteiger charge is -2.33. The van der Waals surface area contributed by atoms with Gasteiger partial charge >= 0.3 is 0 Å². The van der Waals surface area contributed by atoms with Crippen molar-refractivity contribution in [1.29, 1.82) is 0 Å². The van der Waals surface area contributed by atoms with Crippen molar-refractivity contribution in [2.45, 2.75) is 37.8 Å². The average molecular weight is 330 g/mol. The Bertz CT molecular complexity index is 438. The van der Waals surface area contributed by atoms with Crippen molar-refractivity contribution in [3.05, 3.63) is 27.7 Å². The molecule has 18 heavy (non-hydrogen) atoms. The van der Waals surface area contributed by atoms with Crippen LogP contribution in [-0.2, 0) is 0 Å². The van der Waals surface area contributed by atoms with E-state index in [0.717, 1.165) is 21.2 Å². The Balaban J connectivity index is 1.72. The molecule has 2 nitrogen and oxygen atoms in total. The molecule has 0 spiro atoms. The van der Waals surface area contributed by atoms with Gasteiger partial charge in [-0.05, 0) is 59.9 Å². The smallest absolute Gasteiger partial charge is 0.0488 e. The highest BCUT2D eigenvalue weighted by Crippen LogP contribution is 2.32. The minimum atomic E-state index is 0.586. The van der Waals surface area contributed by atoms with E-state index >= 15 is 0 Å². The minimum absolute atomic E-state index is 0.586. The molecule has 2 heterocycles. The normalized spacial score (nSPS) is 28.1. The van der Waals surface area contributed by atoms with Crippen LogP contribution in [0.15, 0.2) is 22.7 Å². The Hall–Kier alpha value is -0.250. The molecule has 0 saturated carbocycles. The molecule has 2 aliphatic heterocycles. The number of benzene rings is 1. The summed E-state index contributed by atoms with van der Waals surface area (Å²) < 4.78 is 1.06. The van der Waals surface area contributed by atoms with Gasteiger partial charge in [-0.25, -0.2) is 0 Å². The van der Waals surface area contributed by atoms with Crippen molar-refractivity contribution in [2.75, 3.05) is 18.4 Å². The van der Waals surface area contributed by atoms with E-state index in [9.17, 15) is 0 Å². The highest BCUT2D eigenvalue weighted by molar-refractivity contribution is 9.10. The van der Waals surface area contributed by atoms with E-state index < -0.39 is 0 Å². The Labute approximate surface area is 122 Å². The molecule has 1 N–H and O–H groups in total. The van der Waals surface area contributed by atoms with Gasteiger partial charge in [0.1, 0.15) is 0 Å². The Kier molecular flexibility index (Phi) is 3.83. The van der Waals surface area contributed by atoms with Crippen LogP contribution in [0.25, 0.3) is 0 Å². The molecule has 2 saturated heterocycles. The van der Waals surface area contributed by atoms with Crippen molar-refractivity contribution in [3.8, 4) is 0 Å². The van der Waals surface area contributed by atoms with Crippen LogP contribution in [-0.4, -0.2) is 30.1 Å². The molecule has 0 bridgehead atoms. The number of hydrogen-bond acceptors (Lipinski definition) is 2.